The van der Waals surface area contributed by atoms with E-state index < -0.39 is 0 Å². The van der Waals surface area contributed by atoms with Crippen LogP contribution in [-0.2, 0) is 16.1 Å². The van der Waals surface area contributed by atoms with Gasteiger partial charge in [0.15, 0.2) is 0 Å². The third kappa shape index (κ3) is 4.28. The maximum atomic E-state index is 12.6. The van der Waals surface area contributed by atoms with Crippen LogP contribution in [0.4, 0.5) is 0 Å². The van der Waals surface area contributed by atoms with E-state index in [1.807, 2.05) is 23.1 Å². The van der Waals surface area contributed by atoms with Crippen LogP contribution in [0.5, 0.6) is 0 Å². The molecule has 0 saturated carbocycles. The highest BCUT2D eigenvalue weighted by Crippen LogP contribution is 2.15. The average Bonchev–Trinajstić information content (AvgIpc) is 2.52. The molecule has 2 heterocycles. The van der Waals surface area contributed by atoms with Crippen LogP contribution < -0.4 is 5.32 Å². The van der Waals surface area contributed by atoms with Crippen molar-refractivity contribution in [3.8, 4) is 0 Å². The fraction of sp³-hybridized carbons (Fsp3) is 0.600. The van der Waals surface area contributed by atoms with E-state index in [1.165, 1.54) is 0 Å². The van der Waals surface area contributed by atoms with Crippen LogP contribution >= 0.6 is 0 Å². The zero-order valence-corrected chi connectivity index (χ0v) is 12.0. The monoisotopic (exact) mass is 277 g/mol. The SMILES string of the molecule is COCCN(Cc1ccccn1)C(=O)C1CCCNC1. The molecule has 1 atom stereocenters. The Bertz CT molecular complexity index is 405. The van der Waals surface area contributed by atoms with Crippen LogP contribution in [-0.4, -0.2) is 49.1 Å². The topological polar surface area (TPSA) is 54.5 Å². The van der Waals surface area contributed by atoms with Crippen LogP contribution in [0.25, 0.3) is 0 Å². The largest absolute Gasteiger partial charge is 0.383 e. The van der Waals surface area contributed by atoms with Crippen LogP contribution in [0.15, 0.2) is 24.4 Å². The first kappa shape index (κ1) is 14.9. The summed E-state index contributed by atoms with van der Waals surface area (Å²) in [5.41, 5.74) is 0.917. The summed E-state index contributed by atoms with van der Waals surface area (Å²) in [5, 5.41) is 3.30. The number of hydrogen-bond acceptors (Lipinski definition) is 4. The first-order valence-corrected chi connectivity index (χ1v) is 7.19. The molecule has 110 valence electrons. The van der Waals surface area contributed by atoms with E-state index in [9.17, 15) is 4.79 Å². The van der Waals surface area contributed by atoms with Gasteiger partial charge < -0.3 is 15.0 Å². The zero-order valence-electron chi connectivity index (χ0n) is 12.0. The molecule has 0 spiro atoms. The van der Waals surface area contributed by atoms with Crippen molar-refractivity contribution in [1.82, 2.24) is 15.2 Å². The third-order valence-corrected chi connectivity index (χ3v) is 3.60. The highest BCUT2D eigenvalue weighted by molar-refractivity contribution is 5.79. The first-order chi connectivity index (χ1) is 9.81. The van der Waals surface area contributed by atoms with Gasteiger partial charge >= 0.3 is 0 Å². The fourth-order valence-electron chi connectivity index (χ4n) is 2.48. The van der Waals surface area contributed by atoms with Gasteiger partial charge in [-0.3, -0.25) is 9.78 Å². The van der Waals surface area contributed by atoms with Crippen molar-refractivity contribution in [3.05, 3.63) is 30.1 Å². The molecule has 1 aliphatic heterocycles. The summed E-state index contributed by atoms with van der Waals surface area (Å²) >= 11 is 0. The highest BCUT2D eigenvalue weighted by atomic mass is 16.5. The Kier molecular flexibility index (Phi) is 5.95. The maximum absolute atomic E-state index is 12.6. The van der Waals surface area contributed by atoms with E-state index in [0.29, 0.717) is 19.7 Å². The van der Waals surface area contributed by atoms with Crippen LogP contribution in [0.2, 0.25) is 0 Å². The molecule has 0 radical (unpaired) electrons. The second kappa shape index (κ2) is 7.97. The van der Waals surface area contributed by atoms with Crippen molar-refractivity contribution in [3.63, 3.8) is 0 Å². The summed E-state index contributed by atoms with van der Waals surface area (Å²) < 4.78 is 5.12. The molecule has 0 bridgehead atoms. The Morgan fingerprint density at radius 2 is 2.45 bits per heavy atom. The van der Waals surface area contributed by atoms with E-state index in [-0.39, 0.29) is 11.8 Å². The molecule has 0 aliphatic carbocycles. The Labute approximate surface area is 120 Å². The Hall–Kier alpha value is -1.46. The van der Waals surface area contributed by atoms with Gasteiger partial charge in [-0.2, -0.15) is 0 Å². The van der Waals surface area contributed by atoms with Gasteiger partial charge in [0.25, 0.3) is 0 Å². The molecule has 1 fully saturated rings. The van der Waals surface area contributed by atoms with Crippen molar-refractivity contribution in [2.45, 2.75) is 19.4 Å². The summed E-state index contributed by atoms with van der Waals surface area (Å²) in [4.78, 5) is 18.8. The Morgan fingerprint density at radius 1 is 1.55 bits per heavy atom. The maximum Gasteiger partial charge on any atom is 0.227 e. The summed E-state index contributed by atoms with van der Waals surface area (Å²) in [7, 11) is 1.66. The van der Waals surface area contributed by atoms with Gasteiger partial charge in [-0.1, -0.05) is 6.07 Å². The summed E-state index contributed by atoms with van der Waals surface area (Å²) in [5.74, 6) is 0.296. The minimum Gasteiger partial charge on any atom is -0.383 e. The number of aromatic nitrogens is 1. The lowest BCUT2D eigenvalue weighted by molar-refractivity contribution is -0.137. The molecular weight excluding hydrogens is 254 g/mol. The van der Waals surface area contributed by atoms with Gasteiger partial charge in [0.1, 0.15) is 0 Å². The number of methoxy groups -OCH3 is 1. The zero-order chi connectivity index (χ0) is 14.2. The molecule has 5 nitrogen and oxygen atoms in total. The van der Waals surface area contributed by atoms with Gasteiger partial charge in [0.05, 0.1) is 24.8 Å². The Morgan fingerprint density at radius 3 is 3.10 bits per heavy atom. The van der Waals surface area contributed by atoms with E-state index in [0.717, 1.165) is 31.6 Å². The van der Waals surface area contributed by atoms with Gasteiger partial charge in [-0.05, 0) is 31.5 Å². The lowest BCUT2D eigenvalue weighted by Crippen LogP contribution is -2.44. The number of nitrogens with one attached hydrogen (secondary N) is 1. The van der Waals surface area contributed by atoms with Crippen LogP contribution in [0.1, 0.15) is 18.5 Å². The van der Waals surface area contributed by atoms with E-state index >= 15 is 0 Å². The molecule has 1 N–H and O–H groups in total. The highest BCUT2D eigenvalue weighted by Gasteiger charge is 2.25. The molecule has 0 aromatic carbocycles. The molecule has 1 aromatic heterocycles. The number of carbonyl (C=O) groups excluding carboxylic acids is 1. The number of hydrogen-bond donors (Lipinski definition) is 1. The standard InChI is InChI=1S/C15H23N3O2/c1-20-10-9-18(12-14-6-2-3-8-17-14)15(19)13-5-4-7-16-11-13/h2-3,6,8,13,16H,4-5,7,9-12H2,1H3. The predicted octanol–water partition coefficient (Wildman–Crippen LogP) is 1.06. The van der Waals surface area contributed by atoms with Gasteiger partial charge in [-0.15, -0.1) is 0 Å². The van der Waals surface area contributed by atoms with Crippen molar-refractivity contribution in [2.75, 3.05) is 33.4 Å². The summed E-state index contributed by atoms with van der Waals surface area (Å²) in [6, 6.07) is 5.78. The number of pyridine rings is 1. The fourth-order valence-corrected chi connectivity index (χ4v) is 2.48. The van der Waals surface area contributed by atoms with Gasteiger partial charge in [0.2, 0.25) is 5.91 Å². The first-order valence-electron chi connectivity index (χ1n) is 7.19. The molecule has 2 rings (SSSR count). The number of piperidine rings is 1. The van der Waals surface area contributed by atoms with Crippen molar-refractivity contribution >= 4 is 5.91 Å². The van der Waals surface area contributed by atoms with Crippen LogP contribution in [0.3, 0.4) is 0 Å². The molecule has 1 aliphatic rings. The van der Waals surface area contributed by atoms with Crippen molar-refractivity contribution < 1.29 is 9.53 Å². The average molecular weight is 277 g/mol. The number of carbonyl (C=O) groups is 1. The smallest absolute Gasteiger partial charge is 0.227 e. The Balaban J connectivity index is 2.00. The molecule has 20 heavy (non-hydrogen) atoms. The van der Waals surface area contributed by atoms with Crippen molar-refractivity contribution in [1.29, 1.82) is 0 Å². The second-order valence-electron chi connectivity index (χ2n) is 5.12. The minimum absolute atomic E-state index is 0.0873. The normalized spacial score (nSPS) is 18.8. The van der Waals surface area contributed by atoms with E-state index in [1.54, 1.807) is 13.3 Å². The molecule has 1 saturated heterocycles. The third-order valence-electron chi connectivity index (χ3n) is 3.60. The summed E-state index contributed by atoms with van der Waals surface area (Å²) in [6.45, 7) is 3.52. The number of amides is 1. The molecule has 5 heteroatoms. The van der Waals surface area contributed by atoms with Gasteiger partial charge in [-0.25, -0.2) is 0 Å². The molecule has 1 unspecified atom stereocenters. The molecule has 1 aromatic rings. The van der Waals surface area contributed by atoms with Gasteiger partial charge in [0, 0.05) is 26.4 Å². The second-order valence-corrected chi connectivity index (χ2v) is 5.12. The lowest BCUT2D eigenvalue weighted by Gasteiger charge is -2.29. The quantitative estimate of drug-likeness (QED) is 0.844. The van der Waals surface area contributed by atoms with E-state index in [2.05, 4.69) is 10.3 Å². The predicted molar refractivity (Wildman–Crippen MR) is 77.1 cm³/mol. The molecule has 1 amide bonds. The number of nitrogens with zero attached hydrogens (tertiary/aromatic N) is 2. The summed E-state index contributed by atoms with van der Waals surface area (Å²) in [6.07, 6.45) is 3.80. The minimum atomic E-state index is 0.0873. The van der Waals surface area contributed by atoms with E-state index in [4.69, 9.17) is 4.74 Å². The number of rotatable bonds is 6. The molecular formula is C15H23N3O2. The number of ether oxygens (including phenoxy) is 1. The van der Waals surface area contributed by atoms with Crippen molar-refractivity contribution in [2.24, 2.45) is 5.92 Å². The lowest BCUT2D eigenvalue weighted by atomic mass is 9.98. The van der Waals surface area contributed by atoms with Crippen LogP contribution in [0, 0.1) is 5.92 Å².